The molecular weight excluding hydrogens is 547 g/mol. The Labute approximate surface area is 250 Å². The summed E-state index contributed by atoms with van der Waals surface area (Å²) in [4.78, 5) is 33.4. The first-order valence-corrected chi connectivity index (χ1v) is 14.9. The van der Waals surface area contributed by atoms with Crippen LogP contribution in [0.5, 0.6) is 5.75 Å². The summed E-state index contributed by atoms with van der Waals surface area (Å²) < 4.78 is 24.0. The van der Waals surface area contributed by atoms with Crippen molar-refractivity contribution in [3.05, 3.63) is 83.2 Å². The Morgan fingerprint density at radius 3 is 2.65 bits per heavy atom. The van der Waals surface area contributed by atoms with Crippen LogP contribution in [0.4, 0.5) is 4.39 Å². The van der Waals surface area contributed by atoms with Gasteiger partial charge in [0.2, 0.25) is 5.91 Å². The molecule has 224 valence electrons. The molecule has 2 aliphatic rings. The molecule has 0 spiro atoms. The van der Waals surface area contributed by atoms with Gasteiger partial charge in [-0.3, -0.25) is 9.78 Å². The second-order valence-electron chi connectivity index (χ2n) is 11.8. The molecule has 1 amide bonds. The lowest BCUT2D eigenvalue weighted by atomic mass is 9.80. The predicted octanol–water partition coefficient (Wildman–Crippen LogP) is 5.88. The largest absolute Gasteiger partial charge is 0.487 e. The number of amides is 1. The Hall–Kier alpha value is -4.24. The summed E-state index contributed by atoms with van der Waals surface area (Å²) in [6.07, 6.45) is 3.82. The van der Waals surface area contributed by atoms with Crippen LogP contribution in [0.3, 0.4) is 0 Å². The lowest BCUT2D eigenvalue weighted by molar-refractivity contribution is -0.132. The standard InChI is InChI=1S/C34H37FN4O4/c1-37(2)20-31(40)38-15-16-39-30-18-22(34(41)42)10-12-28(30)32(27-8-3-4-9-29(27)35)33(39)26-13-11-25(17-23(26)19-38)43-21-24-7-5-6-14-36-24/h5-7,10-14,17-18,27,29H,3-4,8-9,15-16,19-21H2,1-2H3,(H,41,42)/t27-,29-/m0/s1. The van der Waals surface area contributed by atoms with Gasteiger partial charge in [0.25, 0.3) is 0 Å². The molecule has 1 N–H and O–H groups in total. The minimum Gasteiger partial charge on any atom is -0.487 e. The van der Waals surface area contributed by atoms with Gasteiger partial charge in [-0.2, -0.15) is 0 Å². The van der Waals surface area contributed by atoms with Gasteiger partial charge in [-0.1, -0.05) is 25.0 Å². The molecule has 9 heteroatoms. The number of ether oxygens (including phenoxy) is 1. The van der Waals surface area contributed by atoms with Gasteiger partial charge in [0.1, 0.15) is 18.5 Å². The van der Waals surface area contributed by atoms with Crippen LogP contribution in [-0.4, -0.2) is 69.7 Å². The molecule has 1 fully saturated rings. The summed E-state index contributed by atoms with van der Waals surface area (Å²) in [5, 5.41) is 10.7. The fourth-order valence-corrected chi connectivity index (χ4v) is 6.57. The van der Waals surface area contributed by atoms with Gasteiger partial charge in [-0.05, 0) is 80.5 Å². The number of hydrogen-bond acceptors (Lipinski definition) is 5. The Bertz CT molecular complexity index is 1650. The molecule has 3 heterocycles. The van der Waals surface area contributed by atoms with Gasteiger partial charge in [-0.15, -0.1) is 0 Å². The average molecular weight is 585 g/mol. The van der Waals surface area contributed by atoms with E-state index in [-0.39, 0.29) is 23.9 Å². The first-order valence-electron chi connectivity index (χ1n) is 14.9. The molecule has 2 aromatic carbocycles. The number of alkyl halides is 1. The van der Waals surface area contributed by atoms with E-state index in [1.807, 2.05) is 66.4 Å². The van der Waals surface area contributed by atoms with Crippen molar-refractivity contribution in [1.82, 2.24) is 19.4 Å². The van der Waals surface area contributed by atoms with Gasteiger partial charge in [0, 0.05) is 48.2 Å². The van der Waals surface area contributed by atoms with Gasteiger partial charge in [-0.25, -0.2) is 9.18 Å². The number of carbonyl (C=O) groups is 2. The highest BCUT2D eigenvalue weighted by Gasteiger charge is 2.34. The molecule has 2 atom stereocenters. The van der Waals surface area contributed by atoms with Crippen LogP contribution >= 0.6 is 0 Å². The van der Waals surface area contributed by atoms with Crippen molar-refractivity contribution in [2.45, 2.75) is 57.5 Å². The van der Waals surface area contributed by atoms with Crippen LogP contribution in [0.2, 0.25) is 0 Å². The van der Waals surface area contributed by atoms with Crippen LogP contribution in [0, 0.1) is 0 Å². The number of nitrogens with zero attached hydrogens (tertiary/aromatic N) is 4. The number of hydrogen-bond donors (Lipinski definition) is 1. The van der Waals surface area contributed by atoms with Crippen LogP contribution in [-0.2, 0) is 24.5 Å². The van der Waals surface area contributed by atoms with Gasteiger partial charge >= 0.3 is 5.97 Å². The van der Waals surface area contributed by atoms with E-state index in [0.717, 1.165) is 58.2 Å². The fraction of sp³-hybridized carbons (Fsp3) is 0.382. The normalized spacial score (nSPS) is 18.6. The van der Waals surface area contributed by atoms with Crippen molar-refractivity contribution in [3.63, 3.8) is 0 Å². The van der Waals surface area contributed by atoms with E-state index in [4.69, 9.17) is 4.74 Å². The molecule has 4 aromatic rings. The molecule has 1 aliphatic heterocycles. The molecule has 2 aromatic heterocycles. The number of likely N-dealkylation sites (N-methyl/N-ethyl adjacent to an activating group) is 1. The summed E-state index contributed by atoms with van der Waals surface area (Å²) in [7, 11) is 3.74. The summed E-state index contributed by atoms with van der Waals surface area (Å²) in [6, 6.07) is 16.7. The molecule has 0 saturated heterocycles. The second kappa shape index (κ2) is 12.2. The third kappa shape index (κ3) is 5.86. The van der Waals surface area contributed by atoms with Crippen LogP contribution in [0.15, 0.2) is 60.8 Å². The zero-order valence-electron chi connectivity index (χ0n) is 24.6. The first-order chi connectivity index (χ1) is 20.8. The quantitative estimate of drug-likeness (QED) is 0.292. The number of carboxylic acid groups (broad SMARTS) is 1. The Morgan fingerprint density at radius 1 is 1.07 bits per heavy atom. The number of carbonyl (C=O) groups excluding carboxylic acids is 1. The van der Waals surface area contributed by atoms with Crippen LogP contribution < -0.4 is 4.74 Å². The molecule has 8 nitrogen and oxygen atoms in total. The fourth-order valence-electron chi connectivity index (χ4n) is 6.57. The number of aromatic nitrogens is 2. The van der Waals surface area contributed by atoms with E-state index in [9.17, 15) is 14.7 Å². The number of benzene rings is 2. The molecule has 0 unspecified atom stereocenters. The number of fused-ring (bicyclic) bond motifs is 5. The van der Waals surface area contributed by atoms with Gasteiger partial charge in [0.05, 0.1) is 23.5 Å². The Balaban J connectivity index is 1.53. The topological polar surface area (TPSA) is 87.9 Å². The van der Waals surface area contributed by atoms with Gasteiger partial charge in [0.15, 0.2) is 0 Å². The lowest BCUT2D eigenvalue weighted by Gasteiger charge is -2.31. The Morgan fingerprint density at radius 2 is 1.91 bits per heavy atom. The second-order valence-corrected chi connectivity index (χ2v) is 11.8. The maximum atomic E-state index is 15.7. The number of aromatic carboxylic acids is 1. The van der Waals surface area contributed by atoms with E-state index in [1.54, 1.807) is 18.3 Å². The SMILES string of the molecule is CN(C)CC(=O)N1CCn2c(c([C@H]3CCCC[C@@H]3F)c3ccc(C(=O)O)cc32)-c2ccc(OCc3ccccn3)cc2C1. The molecule has 0 bridgehead atoms. The predicted molar refractivity (Wildman–Crippen MR) is 163 cm³/mol. The van der Waals surface area contributed by atoms with Gasteiger partial charge < -0.3 is 24.2 Å². The zero-order chi connectivity index (χ0) is 30.1. The number of halogens is 1. The zero-order valence-corrected chi connectivity index (χ0v) is 24.6. The molecule has 1 saturated carbocycles. The monoisotopic (exact) mass is 584 g/mol. The highest BCUT2D eigenvalue weighted by molar-refractivity contribution is 5.98. The van der Waals surface area contributed by atoms with E-state index in [0.29, 0.717) is 38.4 Å². The summed E-state index contributed by atoms with van der Waals surface area (Å²) in [6.45, 7) is 1.85. The molecular formula is C34H37FN4O4. The van der Waals surface area contributed by atoms with Crippen molar-refractivity contribution in [3.8, 4) is 17.0 Å². The Kier molecular flexibility index (Phi) is 8.17. The third-order valence-corrected chi connectivity index (χ3v) is 8.61. The average Bonchev–Trinajstić information content (AvgIpc) is 3.29. The number of pyridine rings is 1. The first kappa shape index (κ1) is 28.9. The lowest BCUT2D eigenvalue weighted by Crippen LogP contribution is -2.40. The van der Waals surface area contributed by atoms with E-state index < -0.39 is 12.1 Å². The highest BCUT2D eigenvalue weighted by atomic mass is 19.1. The van der Waals surface area contributed by atoms with Crippen LogP contribution in [0.25, 0.3) is 22.2 Å². The summed E-state index contributed by atoms with van der Waals surface area (Å²) in [5.41, 5.74) is 5.41. The van der Waals surface area contributed by atoms with Crippen molar-refractivity contribution >= 4 is 22.8 Å². The molecule has 6 rings (SSSR count). The van der Waals surface area contributed by atoms with E-state index in [1.165, 1.54) is 0 Å². The molecule has 0 radical (unpaired) electrons. The maximum Gasteiger partial charge on any atom is 0.335 e. The van der Waals surface area contributed by atoms with E-state index in [2.05, 4.69) is 9.55 Å². The minimum atomic E-state index is -1.01. The smallest absolute Gasteiger partial charge is 0.335 e. The minimum absolute atomic E-state index is 0.00165. The molecule has 1 aliphatic carbocycles. The van der Waals surface area contributed by atoms with Crippen molar-refractivity contribution < 1.29 is 23.8 Å². The molecule has 43 heavy (non-hydrogen) atoms. The number of rotatable bonds is 7. The highest BCUT2D eigenvalue weighted by Crippen LogP contribution is 2.47. The summed E-state index contributed by atoms with van der Waals surface area (Å²) in [5.74, 6) is -0.646. The third-order valence-electron chi connectivity index (χ3n) is 8.61. The van der Waals surface area contributed by atoms with Crippen molar-refractivity contribution in [1.29, 1.82) is 0 Å². The van der Waals surface area contributed by atoms with Crippen molar-refractivity contribution in [2.75, 3.05) is 27.2 Å². The van der Waals surface area contributed by atoms with Crippen LogP contribution in [0.1, 0.15) is 58.8 Å². The maximum absolute atomic E-state index is 15.7. The number of carboxylic acids is 1. The van der Waals surface area contributed by atoms with Crippen molar-refractivity contribution in [2.24, 2.45) is 0 Å². The van der Waals surface area contributed by atoms with E-state index >= 15 is 4.39 Å². The summed E-state index contributed by atoms with van der Waals surface area (Å²) >= 11 is 0.